The van der Waals surface area contributed by atoms with Gasteiger partial charge in [0.25, 0.3) is 5.56 Å². The highest BCUT2D eigenvalue weighted by Gasteiger charge is 2.23. The van der Waals surface area contributed by atoms with Crippen molar-refractivity contribution < 1.29 is 0 Å². The van der Waals surface area contributed by atoms with Crippen molar-refractivity contribution in [3.05, 3.63) is 82.3 Å². The van der Waals surface area contributed by atoms with E-state index >= 15 is 0 Å². The number of piperidine rings is 1. The summed E-state index contributed by atoms with van der Waals surface area (Å²) in [5, 5.41) is 1.32. The van der Waals surface area contributed by atoms with Crippen molar-refractivity contribution in [2.24, 2.45) is 13.0 Å². The number of hydrogen-bond acceptors (Lipinski definition) is 2. The molecule has 0 radical (unpaired) electrons. The van der Waals surface area contributed by atoms with E-state index in [0.717, 1.165) is 28.3 Å². The van der Waals surface area contributed by atoms with E-state index in [4.69, 9.17) is 0 Å². The lowest BCUT2D eigenvalue weighted by molar-refractivity contribution is 0.192. The molecule has 4 nitrogen and oxygen atoms in total. The number of nitrogens with zero attached hydrogens (tertiary/aromatic N) is 2. The largest absolute Gasteiger partial charge is 0.354 e. The molecule has 2 aromatic carbocycles. The van der Waals surface area contributed by atoms with Crippen LogP contribution in [0, 0.1) is 5.92 Å². The summed E-state index contributed by atoms with van der Waals surface area (Å²) in [5.41, 5.74) is 7.86. The van der Waals surface area contributed by atoms with Crippen molar-refractivity contribution >= 4 is 10.9 Å². The Bertz CT molecular complexity index is 1400. The van der Waals surface area contributed by atoms with Crippen LogP contribution in [-0.2, 0) is 7.05 Å². The molecule has 0 aliphatic carbocycles. The minimum absolute atomic E-state index is 0.0262. The Hall–Kier alpha value is -3.11. The number of pyridine rings is 1. The third-order valence-corrected chi connectivity index (χ3v) is 7.68. The van der Waals surface area contributed by atoms with Gasteiger partial charge in [0, 0.05) is 41.8 Å². The second-order valence-corrected chi connectivity index (χ2v) is 11.3. The molecule has 0 bridgehead atoms. The maximum atomic E-state index is 13.0. The highest BCUT2D eigenvalue weighted by molar-refractivity contribution is 5.92. The second-order valence-electron chi connectivity index (χ2n) is 11.3. The van der Waals surface area contributed by atoms with Gasteiger partial charge in [-0.25, -0.2) is 0 Å². The first kappa shape index (κ1) is 24.6. The maximum absolute atomic E-state index is 13.0. The molecule has 0 saturated carbocycles. The Morgan fingerprint density at radius 1 is 0.944 bits per heavy atom. The predicted molar refractivity (Wildman–Crippen MR) is 152 cm³/mol. The first-order chi connectivity index (χ1) is 17.3. The van der Waals surface area contributed by atoms with Crippen molar-refractivity contribution in [2.45, 2.75) is 52.4 Å². The molecular weight excluding hydrogens is 442 g/mol. The van der Waals surface area contributed by atoms with Gasteiger partial charge < -0.3 is 14.5 Å². The first-order valence-corrected chi connectivity index (χ1v) is 13.5. The zero-order chi connectivity index (χ0) is 25.4. The molecule has 0 atom stereocenters. The zero-order valence-corrected chi connectivity index (χ0v) is 22.3. The van der Waals surface area contributed by atoms with E-state index in [1.54, 1.807) is 4.57 Å². The maximum Gasteiger partial charge on any atom is 0.258 e. The molecule has 0 unspecified atom stereocenters. The van der Waals surface area contributed by atoms with E-state index < -0.39 is 0 Å². The smallest absolute Gasteiger partial charge is 0.258 e. The standard InChI is InChI=1S/C32H39N3O/c1-21(2)19-35-15-13-23(14-16-35)25-11-12-29-28(17-25)30(22(3)4)31(33-29)26-18-27(32(36)34(5)20-26)24-9-7-6-8-10-24/h6-12,17-18,20-23,33H,13-16,19H2,1-5H3. The van der Waals surface area contributed by atoms with Crippen LogP contribution in [0.2, 0.25) is 0 Å². The lowest BCUT2D eigenvalue weighted by Crippen LogP contribution is -2.35. The Labute approximate surface area is 215 Å². The van der Waals surface area contributed by atoms with E-state index in [-0.39, 0.29) is 5.56 Å². The van der Waals surface area contributed by atoms with Gasteiger partial charge in [-0.2, -0.15) is 0 Å². The summed E-state index contributed by atoms with van der Waals surface area (Å²) >= 11 is 0. The average Bonchev–Trinajstić information content (AvgIpc) is 3.25. The van der Waals surface area contributed by atoms with E-state index in [1.165, 1.54) is 54.5 Å². The van der Waals surface area contributed by atoms with Gasteiger partial charge in [0.15, 0.2) is 0 Å². The molecular formula is C32H39N3O. The Balaban J connectivity index is 1.54. The summed E-state index contributed by atoms with van der Waals surface area (Å²) in [5.74, 6) is 1.71. The molecule has 4 heteroatoms. The number of aromatic nitrogens is 2. The fourth-order valence-corrected chi connectivity index (χ4v) is 5.95. The highest BCUT2D eigenvalue weighted by atomic mass is 16.1. The summed E-state index contributed by atoms with van der Waals surface area (Å²) in [4.78, 5) is 19.3. The molecule has 1 aliphatic rings. The summed E-state index contributed by atoms with van der Waals surface area (Å²) in [6.45, 7) is 12.7. The van der Waals surface area contributed by atoms with Gasteiger partial charge in [-0.1, -0.05) is 64.1 Å². The molecule has 36 heavy (non-hydrogen) atoms. The summed E-state index contributed by atoms with van der Waals surface area (Å²) in [7, 11) is 1.85. The van der Waals surface area contributed by atoms with Gasteiger partial charge in [0.05, 0.1) is 5.69 Å². The van der Waals surface area contributed by atoms with Crippen LogP contribution in [0.1, 0.15) is 63.5 Å². The summed E-state index contributed by atoms with van der Waals surface area (Å²) in [6.07, 6.45) is 4.43. The van der Waals surface area contributed by atoms with Crippen LogP contribution in [0.3, 0.4) is 0 Å². The van der Waals surface area contributed by atoms with Gasteiger partial charge in [-0.05, 0) is 78.6 Å². The number of aromatic amines is 1. The minimum Gasteiger partial charge on any atom is -0.354 e. The van der Waals surface area contributed by atoms with Crippen LogP contribution in [0.4, 0.5) is 0 Å². The first-order valence-electron chi connectivity index (χ1n) is 13.5. The predicted octanol–water partition coefficient (Wildman–Crippen LogP) is 7.16. The van der Waals surface area contributed by atoms with Crippen LogP contribution in [0.25, 0.3) is 33.3 Å². The van der Waals surface area contributed by atoms with Crippen molar-refractivity contribution in [1.29, 1.82) is 0 Å². The summed E-state index contributed by atoms with van der Waals surface area (Å²) < 4.78 is 1.71. The van der Waals surface area contributed by atoms with E-state index in [9.17, 15) is 4.79 Å². The van der Waals surface area contributed by atoms with Gasteiger partial charge in [-0.15, -0.1) is 0 Å². The Kier molecular flexibility index (Phi) is 6.90. The number of likely N-dealkylation sites (tertiary alicyclic amines) is 1. The topological polar surface area (TPSA) is 41.0 Å². The van der Waals surface area contributed by atoms with Crippen molar-refractivity contribution in [1.82, 2.24) is 14.5 Å². The molecule has 4 aromatic rings. The number of nitrogens with one attached hydrogen (secondary N) is 1. The highest BCUT2D eigenvalue weighted by Crippen LogP contribution is 2.38. The van der Waals surface area contributed by atoms with Crippen LogP contribution >= 0.6 is 0 Å². The number of fused-ring (bicyclic) bond motifs is 1. The van der Waals surface area contributed by atoms with Crippen LogP contribution in [0.5, 0.6) is 0 Å². The number of H-pyrrole nitrogens is 1. The molecule has 5 rings (SSSR count). The number of benzene rings is 2. The molecule has 2 aromatic heterocycles. The van der Waals surface area contributed by atoms with Crippen molar-refractivity contribution in [3.8, 4) is 22.4 Å². The third kappa shape index (κ3) is 4.79. The molecule has 1 fully saturated rings. The lowest BCUT2D eigenvalue weighted by atomic mass is 9.87. The monoisotopic (exact) mass is 481 g/mol. The quantitative estimate of drug-likeness (QED) is 0.317. The van der Waals surface area contributed by atoms with Gasteiger partial charge >= 0.3 is 0 Å². The van der Waals surface area contributed by atoms with Gasteiger partial charge in [0.2, 0.25) is 0 Å². The molecule has 3 heterocycles. The fraction of sp³-hybridized carbons (Fsp3) is 0.406. The van der Waals surface area contributed by atoms with Crippen molar-refractivity contribution in [3.63, 3.8) is 0 Å². The lowest BCUT2D eigenvalue weighted by Gasteiger charge is -2.33. The Morgan fingerprint density at radius 3 is 2.33 bits per heavy atom. The fourth-order valence-electron chi connectivity index (χ4n) is 5.95. The van der Waals surface area contributed by atoms with E-state index in [2.05, 4.69) is 61.8 Å². The van der Waals surface area contributed by atoms with Gasteiger partial charge in [-0.3, -0.25) is 4.79 Å². The normalized spacial score (nSPS) is 15.4. The molecule has 188 valence electrons. The number of rotatable bonds is 6. The van der Waals surface area contributed by atoms with E-state index in [0.29, 0.717) is 11.8 Å². The SMILES string of the molecule is CC(C)CN1CCC(c2ccc3[nH]c(-c4cc(-c5ccccc5)c(=O)n(C)c4)c(C(C)C)c3c2)CC1. The van der Waals surface area contributed by atoms with Crippen LogP contribution in [0.15, 0.2) is 65.6 Å². The summed E-state index contributed by atoms with van der Waals surface area (Å²) in [6, 6.07) is 19.1. The van der Waals surface area contributed by atoms with Crippen LogP contribution < -0.4 is 5.56 Å². The molecule has 1 aliphatic heterocycles. The second kappa shape index (κ2) is 10.1. The van der Waals surface area contributed by atoms with Gasteiger partial charge in [0.1, 0.15) is 0 Å². The zero-order valence-electron chi connectivity index (χ0n) is 22.3. The molecule has 1 N–H and O–H groups in total. The molecule has 0 spiro atoms. The third-order valence-electron chi connectivity index (χ3n) is 7.68. The minimum atomic E-state index is 0.0262. The van der Waals surface area contributed by atoms with Crippen LogP contribution in [-0.4, -0.2) is 34.1 Å². The number of hydrogen-bond donors (Lipinski definition) is 1. The Morgan fingerprint density at radius 2 is 1.67 bits per heavy atom. The van der Waals surface area contributed by atoms with E-state index in [1.807, 2.05) is 43.6 Å². The molecule has 0 amide bonds. The van der Waals surface area contributed by atoms with Crippen molar-refractivity contribution in [2.75, 3.05) is 19.6 Å². The number of aryl methyl sites for hydroxylation is 1. The molecule has 1 saturated heterocycles. The average molecular weight is 482 g/mol.